The van der Waals surface area contributed by atoms with Crippen LogP contribution in [0.3, 0.4) is 0 Å². The van der Waals surface area contributed by atoms with E-state index in [1.807, 2.05) is 0 Å². The zero-order valence-corrected chi connectivity index (χ0v) is 11.2. The summed E-state index contributed by atoms with van der Waals surface area (Å²) in [5.41, 5.74) is 0.191. The number of nitrogens with one attached hydrogen (secondary N) is 1. The van der Waals surface area contributed by atoms with Gasteiger partial charge in [-0.15, -0.1) is 0 Å². The van der Waals surface area contributed by atoms with Crippen molar-refractivity contribution in [2.24, 2.45) is 0 Å². The van der Waals surface area contributed by atoms with Gasteiger partial charge in [0, 0.05) is 25.2 Å². The molecule has 3 N–H and O–H groups in total. The largest absolute Gasteiger partial charge is 0.390 e. The Morgan fingerprint density at radius 2 is 2.17 bits per heavy atom. The number of carbonyl (C=O) groups is 1. The van der Waals surface area contributed by atoms with E-state index in [9.17, 15) is 15.0 Å². The Bertz CT molecular complexity index is 408. The highest BCUT2D eigenvalue weighted by atomic mass is 35.5. The van der Waals surface area contributed by atoms with Crippen molar-refractivity contribution in [3.8, 4) is 0 Å². The van der Waals surface area contributed by atoms with Gasteiger partial charge in [0.05, 0.1) is 11.1 Å². The molecule has 0 saturated heterocycles. The van der Waals surface area contributed by atoms with E-state index >= 15 is 0 Å². The van der Waals surface area contributed by atoms with Crippen LogP contribution in [-0.4, -0.2) is 33.8 Å². The zero-order valence-electron chi connectivity index (χ0n) is 9.73. The van der Waals surface area contributed by atoms with Crippen LogP contribution in [0.4, 0.5) is 0 Å². The Balaban J connectivity index is 2.68. The molecule has 7 heteroatoms. The second kappa shape index (κ2) is 6.89. The Hall–Kier alpha value is -0.880. The third kappa shape index (κ3) is 4.10. The summed E-state index contributed by atoms with van der Waals surface area (Å²) in [6, 6.07) is 1.48. The number of carbonyl (C=O) groups excluding carboxylic acids is 1. The summed E-state index contributed by atoms with van der Waals surface area (Å²) in [7, 11) is 0. The van der Waals surface area contributed by atoms with E-state index in [0.29, 0.717) is 0 Å². The van der Waals surface area contributed by atoms with E-state index in [1.54, 1.807) is 0 Å². The van der Waals surface area contributed by atoms with Gasteiger partial charge >= 0.3 is 0 Å². The van der Waals surface area contributed by atoms with Gasteiger partial charge in [0.1, 0.15) is 11.3 Å². The fourth-order valence-electron chi connectivity index (χ4n) is 1.44. The molecule has 0 aliphatic carbocycles. The van der Waals surface area contributed by atoms with Crippen molar-refractivity contribution in [2.45, 2.75) is 25.6 Å². The minimum atomic E-state index is -1.24. The minimum Gasteiger partial charge on any atom is -0.390 e. The van der Waals surface area contributed by atoms with E-state index in [-0.39, 0.29) is 34.6 Å². The first kappa shape index (κ1) is 15.2. The van der Waals surface area contributed by atoms with E-state index in [2.05, 4.69) is 10.3 Å². The summed E-state index contributed by atoms with van der Waals surface area (Å²) < 4.78 is 0. The van der Waals surface area contributed by atoms with Crippen molar-refractivity contribution in [1.82, 2.24) is 10.3 Å². The van der Waals surface area contributed by atoms with Crippen molar-refractivity contribution in [3.63, 3.8) is 0 Å². The molecule has 0 fully saturated rings. The van der Waals surface area contributed by atoms with E-state index in [0.717, 1.165) is 0 Å². The van der Waals surface area contributed by atoms with Gasteiger partial charge in [-0.25, -0.2) is 4.98 Å². The van der Waals surface area contributed by atoms with Crippen LogP contribution in [0.1, 0.15) is 25.0 Å². The maximum atomic E-state index is 10.7. The Morgan fingerprint density at radius 3 is 2.72 bits per heavy atom. The predicted molar refractivity (Wildman–Crippen MR) is 68.5 cm³/mol. The number of aliphatic hydroxyl groups is 2. The highest BCUT2D eigenvalue weighted by Gasteiger charge is 2.23. The number of aromatic nitrogens is 1. The van der Waals surface area contributed by atoms with Crippen LogP contribution in [0.25, 0.3) is 0 Å². The van der Waals surface area contributed by atoms with Gasteiger partial charge in [0.15, 0.2) is 0 Å². The van der Waals surface area contributed by atoms with Crippen LogP contribution in [0.2, 0.25) is 10.2 Å². The van der Waals surface area contributed by atoms with Crippen molar-refractivity contribution in [2.75, 3.05) is 6.54 Å². The molecule has 1 heterocycles. The lowest BCUT2D eigenvalue weighted by atomic mass is 10.0. The number of halogens is 2. The average Bonchev–Trinajstić information content (AvgIpc) is 2.27. The molecule has 1 rings (SSSR count). The van der Waals surface area contributed by atoms with Crippen molar-refractivity contribution < 1.29 is 15.0 Å². The number of amides is 1. The lowest BCUT2D eigenvalue weighted by molar-refractivity contribution is -0.119. The van der Waals surface area contributed by atoms with Gasteiger partial charge in [0.25, 0.3) is 0 Å². The molecule has 0 radical (unpaired) electrons. The third-order valence-corrected chi connectivity index (χ3v) is 2.99. The molecule has 0 spiro atoms. The molecule has 1 aromatic heterocycles. The molecule has 2 unspecified atom stereocenters. The van der Waals surface area contributed by atoms with Gasteiger partial charge in [-0.05, 0) is 12.5 Å². The molecule has 18 heavy (non-hydrogen) atoms. The first-order valence-electron chi connectivity index (χ1n) is 5.34. The Morgan fingerprint density at radius 1 is 1.50 bits per heavy atom. The molecule has 2 atom stereocenters. The standard InChI is InChI=1S/C11H14Cl2N2O3/c1-6(16)14-5-3-8(17)10(18)9-7(12)2-4-15-11(9)13/h2,4,8,10,17-18H,3,5H2,1H3,(H,14,16). The summed E-state index contributed by atoms with van der Waals surface area (Å²) in [5, 5.41) is 22.5. The molecule has 1 aromatic rings. The normalized spacial score (nSPS) is 14.1. The smallest absolute Gasteiger partial charge is 0.216 e. The summed E-state index contributed by atoms with van der Waals surface area (Å²) in [4.78, 5) is 14.5. The van der Waals surface area contributed by atoms with Gasteiger partial charge in [-0.1, -0.05) is 23.2 Å². The predicted octanol–water partition coefficient (Wildman–Crippen LogP) is 1.31. The first-order valence-corrected chi connectivity index (χ1v) is 6.09. The third-order valence-electron chi connectivity index (χ3n) is 2.36. The van der Waals surface area contributed by atoms with Crippen LogP contribution in [0.5, 0.6) is 0 Å². The van der Waals surface area contributed by atoms with Gasteiger partial charge in [-0.2, -0.15) is 0 Å². The molecule has 1 amide bonds. The van der Waals surface area contributed by atoms with Crippen molar-refractivity contribution >= 4 is 29.1 Å². The number of hydrogen-bond donors (Lipinski definition) is 3. The second-order valence-electron chi connectivity index (χ2n) is 3.78. The number of aliphatic hydroxyl groups excluding tert-OH is 2. The highest BCUT2D eigenvalue weighted by Crippen LogP contribution is 2.31. The van der Waals surface area contributed by atoms with E-state index in [4.69, 9.17) is 23.2 Å². The first-order chi connectivity index (χ1) is 8.43. The highest BCUT2D eigenvalue weighted by molar-refractivity contribution is 6.35. The molecule has 0 bridgehead atoms. The molecule has 100 valence electrons. The monoisotopic (exact) mass is 292 g/mol. The lowest BCUT2D eigenvalue weighted by Gasteiger charge is -2.19. The average molecular weight is 293 g/mol. The van der Waals surface area contributed by atoms with Gasteiger partial charge in [0.2, 0.25) is 5.91 Å². The van der Waals surface area contributed by atoms with Crippen LogP contribution < -0.4 is 5.32 Å². The fraction of sp³-hybridized carbons (Fsp3) is 0.455. The summed E-state index contributed by atoms with van der Waals surface area (Å²) in [6.45, 7) is 1.63. The van der Waals surface area contributed by atoms with Crippen LogP contribution in [0.15, 0.2) is 12.3 Å². The summed E-state index contributed by atoms with van der Waals surface area (Å²) in [5.74, 6) is -0.200. The Kier molecular flexibility index (Phi) is 5.81. The SMILES string of the molecule is CC(=O)NCCC(O)C(O)c1c(Cl)ccnc1Cl. The molecule has 0 aliphatic rings. The lowest BCUT2D eigenvalue weighted by Crippen LogP contribution is -2.28. The Labute approximate surface area is 115 Å². The van der Waals surface area contributed by atoms with E-state index in [1.165, 1.54) is 19.2 Å². The molecule has 0 saturated carbocycles. The second-order valence-corrected chi connectivity index (χ2v) is 4.55. The van der Waals surface area contributed by atoms with Gasteiger partial charge < -0.3 is 15.5 Å². The van der Waals surface area contributed by atoms with Crippen LogP contribution >= 0.6 is 23.2 Å². The zero-order chi connectivity index (χ0) is 13.7. The molecular formula is C11H14Cl2N2O3. The maximum absolute atomic E-state index is 10.7. The minimum absolute atomic E-state index is 0.0496. The topological polar surface area (TPSA) is 82.5 Å². The number of pyridine rings is 1. The molecular weight excluding hydrogens is 279 g/mol. The number of rotatable bonds is 5. The van der Waals surface area contributed by atoms with Crippen LogP contribution in [0, 0.1) is 0 Å². The van der Waals surface area contributed by atoms with E-state index < -0.39 is 12.2 Å². The summed E-state index contributed by atoms with van der Waals surface area (Å²) >= 11 is 11.7. The van der Waals surface area contributed by atoms with Crippen molar-refractivity contribution in [3.05, 3.63) is 28.0 Å². The maximum Gasteiger partial charge on any atom is 0.216 e. The fourth-order valence-corrected chi connectivity index (χ4v) is 2.01. The quantitative estimate of drug-likeness (QED) is 0.715. The number of hydrogen-bond acceptors (Lipinski definition) is 4. The number of nitrogens with zero attached hydrogens (tertiary/aromatic N) is 1. The molecule has 0 aliphatic heterocycles. The van der Waals surface area contributed by atoms with Gasteiger partial charge in [-0.3, -0.25) is 4.79 Å². The summed E-state index contributed by atoms with van der Waals surface area (Å²) in [6.07, 6.45) is -0.740. The van der Waals surface area contributed by atoms with Crippen LogP contribution in [-0.2, 0) is 4.79 Å². The van der Waals surface area contributed by atoms with Crippen molar-refractivity contribution in [1.29, 1.82) is 0 Å². The molecule has 5 nitrogen and oxygen atoms in total. The molecule has 0 aromatic carbocycles.